The van der Waals surface area contributed by atoms with Gasteiger partial charge >= 0.3 is 0 Å². The third-order valence-corrected chi connectivity index (χ3v) is 3.77. The Balaban J connectivity index is 1.77. The van der Waals surface area contributed by atoms with E-state index in [-0.39, 0.29) is 0 Å². The fraction of sp³-hybridized carbons (Fsp3) is 0.714. The molecule has 0 spiro atoms. The maximum Gasteiger partial charge on any atom is 0.0230 e. The molecule has 0 saturated carbocycles. The topological polar surface area (TPSA) is 6.48 Å². The van der Waals surface area contributed by atoms with Gasteiger partial charge in [0.1, 0.15) is 0 Å². The average molecular weight is 220 g/mol. The second-order valence-corrected chi connectivity index (χ2v) is 5.23. The van der Waals surface area contributed by atoms with Crippen LogP contribution in [0, 0.1) is 0 Å². The van der Waals surface area contributed by atoms with Crippen molar-refractivity contribution in [1.82, 2.24) is 9.80 Å². The van der Waals surface area contributed by atoms with Gasteiger partial charge < -0.3 is 4.90 Å². The van der Waals surface area contributed by atoms with E-state index in [1.807, 2.05) is 0 Å². The Morgan fingerprint density at radius 2 is 2.00 bits per heavy atom. The van der Waals surface area contributed by atoms with Crippen LogP contribution in [0.3, 0.4) is 0 Å². The molecule has 1 fully saturated rings. The third kappa shape index (κ3) is 3.19. The van der Waals surface area contributed by atoms with Gasteiger partial charge in [-0.3, -0.25) is 4.90 Å². The van der Waals surface area contributed by atoms with Crippen LogP contribution in [0.4, 0.5) is 0 Å². The van der Waals surface area contributed by atoms with Crippen LogP contribution in [0.15, 0.2) is 23.8 Å². The predicted octanol–water partition coefficient (Wildman–Crippen LogP) is 2.29. The first-order valence-electron chi connectivity index (χ1n) is 6.50. The van der Waals surface area contributed by atoms with Crippen LogP contribution in [0.5, 0.6) is 0 Å². The van der Waals surface area contributed by atoms with E-state index in [2.05, 4.69) is 42.1 Å². The van der Waals surface area contributed by atoms with Crippen molar-refractivity contribution in [3.05, 3.63) is 23.8 Å². The smallest absolute Gasteiger partial charge is 0.0230 e. The zero-order valence-corrected chi connectivity index (χ0v) is 10.7. The average Bonchev–Trinajstić information content (AvgIpc) is 2.31. The normalized spacial score (nSPS) is 23.8. The highest BCUT2D eigenvalue weighted by Crippen LogP contribution is 2.17. The lowest BCUT2D eigenvalue weighted by atomic mass is 10.0. The molecule has 16 heavy (non-hydrogen) atoms. The van der Waals surface area contributed by atoms with Crippen molar-refractivity contribution in [1.29, 1.82) is 0 Å². The molecule has 2 heteroatoms. The molecule has 90 valence electrons. The van der Waals surface area contributed by atoms with Crippen LogP contribution in [0.25, 0.3) is 0 Å². The van der Waals surface area contributed by atoms with Crippen LogP contribution in [-0.2, 0) is 0 Å². The second-order valence-electron chi connectivity index (χ2n) is 5.23. The molecular formula is C14H24N2. The standard InChI is InChI=1S/C14H24N2/c1-15(2)14-8-10-16(11-9-14)12-13-6-4-3-5-7-13/h4,6-7,14H,3,5,8-12H2,1-2H3. The number of likely N-dealkylation sites (tertiary alicyclic amines) is 1. The number of nitrogens with zero attached hydrogens (tertiary/aromatic N) is 2. The lowest BCUT2D eigenvalue weighted by Gasteiger charge is -2.35. The molecule has 0 bridgehead atoms. The summed E-state index contributed by atoms with van der Waals surface area (Å²) in [5, 5.41) is 0. The van der Waals surface area contributed by atoms with Crippen LogP contribution in [0.2, 0.25) is 0 Å². The summed E-state index contributed by atoms with van der Waals surface area (Å²) in [6, 6.07) is 0.798. The Bertz CT molecular complexity index is 270. The van der Waals surface area contributed by atoms with E-state index in [4.69, 9.17) is 0 Å². The zero-order chi connectivity index (χ0) is 11.4. The predicted molar refractivity (Wildman–Crippen MR) is 69.6 cm³/mol. The summed E-state index contributed by atoms with van der Waals surface area (Å²) >= 11 is 0. The van der Waals surface area contributed by atoms with Crippen molar-refractivity contribution in [3.63, 3.8) is 0 Å². The summed E-state index contributed by atoms with van der Waals surface area (Å²) < 4.78 is 0. The van der Waals surface area contributed by atoms with E-state index in [9.17, 15) is 0 Å². The maximum atomic E-state index is 2.60. The Kier molecular flexibility index (Phi) is 4.19. The fourth-order valence-electron chi connectivity index (χ4n) is 2.64. The second kappa shape index (κ2) is 5.65. The molecule has 2 rings (SSSR count). The third-order valence-electron chi connectivity index (χ3n) is 3.77. The molecule has 0 aromatic rings. The number of piperidine rings is 1. The molecule has 0 atom stereocenters. The van der Waals surface area contributed by atoms with Crippen molar-refractivity contribution in [2.75, 3.05) is 33.7 Å². The molecule has 2 aliphatic rings. The van der Waals surface area contributed by atoms with Crippen molar-refractivity contribution in [2.24, 2.45) is 0 Å². The Labute approximate surface area is 99.6 Å². The lowest BCUT2D eigenvalue weighted by Crippen LogP contribution is -2.42. The summed E-state index contributed by atoms with van der Waals surface area (Å²) in [6.45, 7) is 3.68. The van der Waals surface area contributed by atoms with Crippen molar-refractivity contribution in [3.8, 4) is 0 Å². The minimum absolute atomic E-state index is 0.798. The monoisotopic (exact) mass is 220 g/mol. The van der Waals surface area contributed by atoms with Crippen LogP contribution >= 0.6 is 0 Å². The van der Waals surface area contributed by atoms with Crippen molar-refractivity contribution >= 4 is 0 Å². The molecule has 0 radical (unpaired) electrons. The highest BCUT2D eigenvalue weighted by Gasteiger charge is 2.20. The molecule has 1 aliphatic carbocycles. The van der Waals surface area contributed by atoms with E-state index in [0.29, 0.717) is 0 Å². The summed E-state index contributed by atoms with van der Waals surface area (Å²) in [6.07, 6.45) is 12.1. The minimum atomic E-state index is 0.798. The Morgan fingerprint density at radius 3 is 2.56 bits per heavy atom. The first kappa shape index (κ1) is 11.9. The van der Waals surface area contributed by atoms with Crippen LogP contribution in [0.1, 0.15) is 25.7 Å². The van der Waals surface area contributed by atoms with Gasteiger partial charge in [-0.2, -0.15) is 0 Å². The van der Waals surface area contributed by atoms with Crippen molar-refractivity contribution < 1.29 is 0 Å². The first-order chi connectivity index (χ1) is 7.75. The first-order valence-corrected chi connectivity index (χ1v) is 6.50. The molecule has 1 aliphatic heterocycles. The summed E-state index contributed by atoms with van der Waals surface area (Å²) in [5.41, 5.74) is 1.52. The SMILES string of the molecule is CN(C)C1CCN(CC2=CCCC=C2)CC1. The largest absolute Gasteiger partial charge is 0.306 e. The van der Waals surface area contributed by atoms with Gasteiger partial charge in [0.05, 0.1) is 0 Å². The quantitative estimate of drug-likeness (QED) is 0.720. The van der Waals surface area contributed by atoms with E-state index in [0.717, 1.165) is 12.6 Å². The van der Waals surface area contributed by atoms with Gasteiger partial charge in [0.25, 0.3) is 0 Å². The Morgan fingerprint density at radius 1 is 1.25 bits per heavy atom. The summed E-state index contributed by atoms with van der Waals surface area (Å²) in [7, 11) is 4.40. The van der Waals surface area contributed by atoms with Gasteiger partial charge in [-0.25, -0.2) is 0 Å². The molecular weight excluding hydrogens is 196 g/mol. The van der Waals surface area contributed by atoms with E-state index >= 15 is 0 Å². The number of hydrogen-bond donors (Lipinski definition) is 0. The molecule has 0 amide bonds. The van der Waals surface area contributed by atoms with E-state index in [1.165, 1.54) is 44.3 Å². The van der Waals surface area contributed by atoms with Crippen molar-refractivity contribution in [2.45, 2.75) is 31.7 Å². The molecule has 1 heterocycles. The molecule has 0 aromatic carbocycles. The van der Waals surface area contributed by atoms with Gasteiger partial charge in [0, 0.05) is 12.6 Å². The number of hydrogen-bond acceptors (Lipinski definition) is 2. The van der Waals surface area contributed by atoms with Gasteiger partial charge in [-0.15, -0.1) is 0 Å². The van der Waals surface area contributed by atoms with Gasteiger partial charge in [-0.05, 0) is 58.4 Å². The molecule has 2 nitrogen and oxygen atoms in total. The van der Waals surface area contributed by atoms with Crippen LogP contribution in [-0.4, -0.2) is 49.6 Å². The minimum Gasteiger partial charge on any atom is -0.306 e. The molecule has 0 N–H and O–H groups in total. The van der Waals surface area contributed by atoms with Crippen LogP contribution < -0.4 is 0 Å². The highest BCUT2D eigenvalue weighted by molar-refractivity contribution is 5.23. The summed E-state index contributed by atoms with van der Waals surface area (Å²) in [4.78, 5) is 4.97. The van der Waals surface area contributed by atoms with Gasteiger partial charge in [0.15, 0.2) is 0 Å². The van der Waals surface area contributed by atoms with E-state index < -0.39 is 0 Å². The van der Waals surface area contributed by atoms with Gasteiger partial charge in [-0.1, -0.05) is 18.2 Å². The highest BCUT2D eigenvalue weighted by atomic mass is 15.2. The molecule has 1 saturated heterocycles. The summed E-state index contributed by atoms with van der Waals surface area (Å²) in [5.74, 6) is 0. The molecule has 0 aromatic heterocycles. The van der Waals surface area contributed by atoms with Gasteiger partial charge in [0.2, 0.25) is 0 Å². The fourth-order valence-corrected chi connectivity index (χ4v) is 2.64. The zero-order valence-electron chi connectivity index (χ0n) is 10.7. The number of allylic oxidation sites excluding steroid dienone is 2. The lowest BCUT2D eigenvalue weighted by molar-refractivity contribution is 0.153. The van der Waals surface area contributed by atoms with E-state index in [1.54, 1.807) is 0 Å². The Hall–Kier alpha value is -0.600. The maximum absolute atomic E-state index is 2.60. The number of rotatable bonds is 3. The molecule has 0 unspecified atom stereocenters.